The van der Waals surface area contributed by atoms with Crippen molar-refractivity contribution in [3.8, 4) is 10.7 Å². The quantitative estimate of drug-likeness (QED) is 0.450. The predicted molar refractivity (Wildman–Crippen MR) is 107 cm³/mol. The van der Waals surface area contributed by atoms with E-state index in [1.54, 1.807) is 16.7 Å². The van der Waals surface area contributed by atoms with Crippen LogP contribution in [-0.2, 0) is 11.2 Å². The Hall–Kier alpha value is -1.64. The van der Waals surface area contributed by atoms with Gasteiger partial charge in [0.1, 0.15) is 22.2 Å². The maximum atomic E-state index is 12.0. The van der Waals surface area contributed by atoms with Crippen LogP contribution in [0.15, 0.2) is 10.8 Å². The maximum Gasteiger partial charge on any atom is 0.271 e. The summed E-state index contributed by atoms with van der Waals surface area (Å²) in [6.07, 6.45) is 2.89. The second-order valence-electron chi connectivity index (χ2n) is 6.44. The van der Waals surface area contributed by atoms with Gasteiger partial charge in [0.15, 0.2) is 0 Å². The molecule has 2 aromatic rings. The molecule has 2 heterocycles. The number of hydrogen-bond acceptors (Lipinski definition) is 7. The summed E-state index contributed by atoms with van der Waals surface area (Å²) in [4.78, 5) is 32.7. The number of rotatable bonds is 11. The van der Waals surface area contributed by atoms with Crippen LogP contribution in [0.3, 0.4) is 0 Å². The average Bonchev–Trinajstić information content (AvgIpc) is 3.23. The molecule has 0 saturated heterocycles. The summed E-state index contributed by atoms with van der Waals surface area (Å²) in [6, 6.07) is 0. The zero-order valence-corrected chi connectivity index (χ0v) is 17.1. The molecular formula is C18H26N4O2S2. The normalized spacial score (nSPS) is 11.1. The summed E-state index contributed by atoms with van der Waals surface area (Å²) in [5, 5.41) is 11.3. The number of hydrogen-bond donors (Lipinski definition) is 2. The molecule has 0 fully saturated rings. The van der Waals surface area contributed by atoms with Gasteiger partial charge in [-0.25, -0.2) is 9.97 Å². The Bertz CT molecular complexity index is 724. The monoisotopic (exact) mass is 394 g/mol. The van der Waals surface area contributed by atoms with Crippen LogP contribution < -0.4 is 10.6 Å². The van der Waals surface area contributed by atoms with E-state index >= 15 is 0 Å². The Morgan fingerprint density at radius 1 is 1.19 bits per heavy atom. The van der Waals surface area contributed by atoms with Gasteiger partial charge >= 0.3 is 0 Å². The highest BCUT2D eigenvalue weighted by molar-refractivity contribution is 7.14. The van der Waals surface area contributed by atoms with Crippen molar-refractivity contribution >= 4 is 34.4 Å². The van der Waals surface area contributed by atoms with Crippen LogP contribution in [0.5, 0.6) is 0 Å². The van der Waals surface area contributed by atoms with Crippen LogP contribution in [0.1, 0.15) is 55.5 Å². The van der Waals surface area contributed by atoms with Crippen molar-refractivity contribution in [1.82, 2.24) is 20.6 Å². The molecule has 0 unspecified atom stereocenters. The van der Waals surface area contributed by atoms with Crippen LogP contribution in [0.25, 0.3) is 10.7 Å². The van der Waals surface area contributed by atoms with Crippen molar-refractivity contribution in [1.29, 1.82) is 0 Å². The summed E-state index contributed by atoms with van der Waals surface area (Å²) in [5.41, 5.74) is 1.21. The summed E-state index contributed by atoms with van der Waals surface area (Å²) < 4.78 is 0. The van der Waals surface area contributed by atoms with Crippen molar-refractivity contribution in [2.45, 2.75) is 46.5 Å². The first-order valence-electron chi connectivity index (χ1n) is 8.90. The van der Waals surface area contributed by atoms with E-state index in [-0.39, 0.29) is 5.91 Å². The summed E-state index contributed by atoms with van der Waals surface area (Å²) >= 11 is 2.99. The molecule has 0 atom stereocenters. The highest BCUT2D eigenvalue weighted by Gasteiger charge is 2.14. The number of ketones is 1. The van der Waals surface area contributed by atoms with Crippen molar-refractivity contribution < 1.29 is 9.59 Å². The minimum absolute atomic E-state index is 0.187. The lowest BCUT2D eigenvalue weighted by molar-refractivity contribution is -0.119. The molecule has 0 spiro atoms. The van der Waals surface area contributed by atoms with Gasteiger partial charge in [-0.15, -0.1) is 22.7 Å². The Balaban J connectivity index is 1.85. The number of carbonyl (C=O) groups excluding carboxylic acids is 2. The van der Waals surface area contributed by atoms with Crippen molar-refractivity contribution in [2.24, 2.45) is 5.92 Å². The number of aryl methyl sites for hydroxylation is 1. The Morgan fingerprint density at radius 3 is 2.73 bits per heavy atom. The zero-order chi connectivity index (χ0) is 18.9. The third-order valence-corrected chi connectivity index (χ3v) is 5.39. The predicted octanol–water partition coefficient (Wildman–Crippen LogP) is 3.50. The molecule has 0 bridgehead atoms. The van der Waals surface area contributed by atoms with Crippen LogP contribution in [0.4, 0.5) is 0 Å². The second kappa shape index (κ2) is 10.5. The molecule has 26 heavy (non-hydrogen) atoms. The lowest BCUT2D eigenvalue weighted by Crippen LogP contribution is -2.33. The van der Waals surface area contributed by atoms with Gasteiger partial charge in [0.2, 0.25) is 0 Å². The number of nitrogens with zero attached hydrogens (tertiary/aromatic N) is 2. The lowest BCUT2D eigenvalue weighted by atomic mass is 10.0. The fourth-order valence-electron chi connectivity index (χ4n) is 2.37. The molecular weight excluding hydrogens is 368 g/mol. The molecule has 2 rings (SSSR count). The zero-order valence-electron chi connectivity index (χ0n) is 15.5. The molecule has 2 N–H and O–H groups in total. The number of nitrogens with one attached hydrogen (secondary N) is 2. The molecule has 0 aromatic carbocycles. The molecule has 0 saturated carbocycles. The minimum atomic E-state index is -0.187. The van der Waals surface area contributed by atoms with Gasteiger partial charge in [-0.1, -0.05) is 20.8 Å². The van der Waals surface area contributed by atoms with Crippen LogP contribution in [-0.4, -0.2) is 34.9 Å². The molecule has 6 nitrogen and oxygen atoms in total. The van der Waals surface area contributed by atoms with Gasteiger partial charge < -0.3 is 10.6 Å². The highest BCUT2D eigenvalue weighted by atomic mass is 32.1. The van der Waals surface area contributed by atoms with Gasteiger partial charge in [0.05, 0.1) is 11.7 Å². The van der Waals surface area contributed by atoms with E-state index in [1.807, 2.05) is 12.3 Å². The largest absolute Gasteiger partial charge is 0.338 e. The molecule has 2 aromatic heterocycles. The number of thiazole rings is 2. The third kappa shape index (κ3) is 6.59. The van der Waals surface area contributed by atoms with E-state index in [2.05, 4.69) is 34.4 Å². The second-order valence-corrected chi connectivity index (χ2v) is 8.24. The van der Waals surface area contributed by atoms with Crippen molar-refractivity contribution in [3.05, 3.63) is 21.5 Å². The molecule has 142 valence electrons. The van der Waals surface area contributed by atoms with Crippen molar-refractivity contribution in [3.63, 3.8) is 0 Å². The van der Waals surface area contributed by atoms with Crippen LogP contribution in [0, 0.1) is 5.92 Å². The average molecular weight is 395 g/mol. The first kappa shape index (κ1) is 20.7. The van der Waals surface area contributed by atoms with Gasteiger partial charge in [-0.05, 0) is 25.3 Å². The van der Waals surface area contributed by atoms with Crippen LogP contribution in [0.2, 0.25) is 0 Å². The molecule has 0 radical (unpaired) electrons. The molecule has 8 heteroatoms. The fraction of sp³-hybridized carbons (Fsp3) is 0.556. The highest BCUT2D eigenvalue weighted by Crippen LogP contribution is 2.26. The summed E-state index contributed by atoms with van der Waals surface area (Å²) in [5.74, 6) is 0.556. The summed E-state index contributed by atoms with van der Waals surface area (Å²) in [7, 11) is 0. The number of carbonyl (C=O) groups is 2. The number of Topliss-reactive ketones (excluding diaryl/α,β-unsaturated/α-hetero) is 1. The minimum Gasteiger partial charge on any atom is -0.338 e. The van der Waals surface area contributed by atoms with E-state index in [4.69, 9.17) is 0 Å². The maximum absolute atomic E-state index is 12.0. The van der Waals surface area contributed by atoms with Gasteiger partial charge in [0.25, 0.3) is 5.91 Å². The molecule has 0 aliphatic rings. The van der Waals surface area contributed by atoms with Gasteiger partial charge in [-0.2, -0.15) is 0 Å². The van der Waals surface area contributed by atoms with E-state index in [9.17, 15) is 9.59 Å². The number of amides is 1. The smallest absolute Gasteiger partial charge is 0.271 e. The molecule has 0 aliphatic heterocycles. The first-order valence-corrected chi connectivity index (χ1v) is 10.7. The van der Waals surface area contributed by atoms with Crippen molar-refractivity contribution in [2.75, 3.05) is 13.2 Å². The van der Waals surface area contributed by atoms with E-state index in [0.717, 1.165) is 35.1 Å². The number of aromatic nitrogens is 2. The van der Waals surface area contributed by atoms with E-state index in [1.165, 1.54) is 11.3 Å². The van der Waals surface area contributed by atoms with Crippen LogP contribution >= 0.6 is 22.7 Å². The Labute approximate surface area is 162 Å². The molecule has 1 amide bonds. The lowest BCUT2D eigenvalue weighted by Gasteiger charge is -2.02. The topological polar surface area (TPSA) is 84.0 Å². The Kier molecular flexibility index (Phi) is 8.34. The fourth-order valence-corrected chi connectivity index (χ4v) is 4.03. The van der Waals surface area contributed by atoms with Gasteiger partial charge in [-0.3, -0.25) is 9.59 Å². The standard InChI is InChI=1S/C18H26N4O2S2/c1-4-19-11-20-17(24)14-9-26-18(22-14)15-10-25-16(21-15)7-5-6-13(23)8-12(2)3/h9-10,12,19H,4-8,11H2,1-3H3,(H,20,24). The van der Waals surface area contributed by atoms with E-state index in [0.29, 0.717) is 36.9 Å². The first-order chi connectivity index (χ1) is 12.5. The Morgan fingerprint density at radius 2 is 2.00 bits per heavy atom. The SMILES string of the molecule is CCNCNC(=O)c1csc(-c2csc(CCCC(=O)CC(C)C)n2)n1. The third-order valence-electron chi connectivity index (χ3n) is 3.61. The molecule has 0 aliphatic carbocycles. The van der Waals surface area contributed by atoms with Gasteiger partial charge in [0, 0.05) is 23.6 Å². The van der Waals surface area contributed by atoms with E-state index < -0.39 is 0 Å². The summed E-state index contributed by atoms with van der Waals surface area (Å²) in [6.45, 7) is 7.33.